The number of ether oxygens (including phenoxy) is 1. The highest BCUT2D eigenvalue weighted by atomic mass is 35.5. The Hall–Kier alpha value is -2.41. The van der Waals surface area contributed by atoms with Crippen molar-refractivity contribution in [3.8, 4) is 0 Å². The first-order valence-electron chi connectivity index (χ1n) is 13.4. The molecule has 4 nitrogen and oxygen atoms in total. The second kappa shape index (κ2) is 15.0. The van der Waals surface area contributed by atoms with Crippen molar-refractivity contribution < 1.29 is 9.84 Å². The van der Waals surface area contributed by atoms with Crippen molar-refractivity contribution in [3.05, 3.63) is 141 Å². The molecule has 1 atom stereocenters. The maximum Gasteiger partial charge on any atom is 0.108 e. The van der Waals surface area contributed by atoms with Crippen molar-refractivity contribution in [1.82, 2.24) is 9.80 Å². The number of halogens is 3. The topological polar surface area (TPSA) is 35.9 Å². The van der Waals surface area contributed by atoms with Gasteiger partial charge in [0.25, 0.3) is 0 Å². The van der Waals surface area contributed by atoms with Gasteiger partial charge in [-0.1, -0.05) is 108 Å². The van der Waals surface area contributed by atoms with E-state index in [9.17, 15) is 5.11 Å². The monoisotopic (exact) mass is 596 g/mol. The Morgan fingerprint density at radius 2 is 1.07 bits per heavy atom. The predicted molar refractivity (Wildman–Crippen MR) is 167 cm³/mol. The standard InChI is InChI=1S/C33H34Cl2N2O2.ClH/c34-29-15-11-27(12-16-29)33(28-13-17-30(35)18-14-28)39-24-31(38)23-36-19-21-37(22-20-36)32(25-7-3-1-4-8-25)26-9-5-2-6-10-26;/h1-18,31-33,38H,19-24H2;1H. The van der Waals surface area contributed by atoms with Crippen LogP contribution in [0.3, 0.4) is 0 Å². The Kier molecular flexibility index (Phi) is 11.5. The summed E-state index contributed by atoms with van der Waals surface area (Å²) in [5.74, 6) is 0. The third-order valence-electron chi connectivity index (χ3n) is 7.27. The third kappa shape index (κ3) is 8.08. The Morgan fingerprint density at radius 1 is 0.625 bits per heavy atom. The summed E-state index contributed by atoms with van der Waals surface area (Å²) in [6.45, 7) is 4.45. The lowest BCUT2D eigenvalue weighted by molar-refractivity contribution is -0.0159. The maximum atomic E-state index is 10.9. The van der Waals surface area contributed by atoms with Crippen molar-refractivity contribution in [2.45, 2.75) is 18.2 Å². The largest absolute Gasteiger partial charge is 0.389 e. The molecule has 0 saturated carbocycles. The first-order chi connectivity index (χ1) is 19.1. The van der Waals surface area contributed by atoms with Gasteiger partial charge in [0.05, 0.1) is 18.8 Å². The van der Waals surface area contributed by atoms with Crippen LogP contribution < -0.4 is 0 Å². The molecule has 1 saturated heterocycles. The van der Waals surface area contributed by atoms with Crippen LogP contribution in [0.5, 0.6) is 0 Å². The molecule has 4 aromatic rings. The minimum atomic E-state index is -0.599. The van der Waals surface area contributed by atoms with Crippen LogP contribution in [0.2, 0.25) is 10.0 Å². The average molecular weight is 598 g/mol. The molecule has 0 spiro atoms. The third-order valence-corrected chi connectivity index (χ3v) is 7.78. The summed E-state index contributed by atoms with van der Waals surface area (Å²) in [6.07, 6.45) is -0.916. The highest BCUT2D eigenvalue weighted by Gasteiger charge is 2.27. The number of β-amino-alcohol motifs (C(OH)–C–C–N with tert-alkyl or cyclic N) is 1. The summed E-state index contributed by atoms with van der Waals surface area (Å²) in [7, 11) is 0. The second-order valence-electron chi connectivity index (χ2n) is 10.0. The smallest absolute Gasteiger partial charge is 0.108 e. The van der Waals surface area contributed by atoms with Gasteiger partial charge in [-0.05, 0) is 46.5 Å². The van der Waals surface area contributed by atoms with Crippen LogP contribution in [0.4, 0.5) is 0 Å². The number of hydrogen-bond donors (Lipinski definition) is 1. The van der Waals surface area contributed by atoms with Gasteiger partial charge in [-0.2, -0.15) is 0 Å². The van der Waals surface area contributed by atoms with Gasteiger partial charge in [-0.15, -0.1) is 12.4 Å². The van der Waals surface area contributed by atoms with E-state index in [1.165, 1.54) is 11.1 Å². The van der Waals surface area contributed by atoms with Crippen LogP contribution in [0, 0.1) is 0 Å². The molecule has 0 aliphatic carbocycles. The molecule has 5 rings (SSSR count). The minimum Gasteiger partial charge on any atom is -0.389 e. The lowest BCUT2D eigenvalue weighted by atomic mass is 9.96. The van der Waals surface area contributed by atoms with Crippen LogP contribution in [-0.2, 0) is 4.74 Å². The Balaban J connectivity index is 0.00000370. The summed E-state index contributed by atoms with van der Waals surface area (Å²) in [5, 5.41) is 12.3. The van der Waals surface area contributed by atoms with Crippen molar-refractivity contribution in [2.24, 2.45) is 0 Å². The molecule has 4 aromatic carbocycles. The van der Waals surface area contributed by atoms with Crippen molar-refractivity contribution in [3.63, 3.8) is 0 Å². The van der Waals surface area contributed by atoms with Gasteiger partial charge in [-0.3, -0.25) is 9.80 Å². The van der Waals surface area contributed by atoms with Gasteiger partial charge in [0.2, 0.25) is 0 Å². The molecule has 7 heteroatoms. The Labute approximate surface area is 253 Å². The second-order valence-corrected chi connectivity index (χ2v) is 10.9. The van der Waals surface area contributed by atoms with Crippen molar-refractivity contribution >= 4 is 35.6 Å². The zero-order valence-corrected chi connectivity index (χ0v) is 24.6. The zero-order valence-electron chi connectivity index (χ0n) is 22.3. The number of nitrogens with zero attached hydrogens (tertiary/aromatic N) is 2. The lowest BCUT2D eigenvalue weighted by Gasteiger charge is -2.40. The van der Waals surface area contributed by atoms with E-state index in [4.69, 9.17) is 27.9 Å². The van der Waals surface area contributed by atoms with Gasteiger partial charge in [-0.25, -0.2) is 0 Å². The molecule has 1 unspecified atom stereocenters. The Morgan fingerprint density at radius 3 is 1.52 bits per heavy atom. The van der Waals surface area contributed by atoms with E-state index in [1.54, 1.807) is 0 Å². The number of hydrogen-bond acceptors (Lipinski definition) is 4. The summed E-state index contributed by atoms with van der Waals surface area (Å²) in [4.78, 5) is 4.87. The highest BCUT2D eigenvalue weighted by Crippen LogP contribution is 2.30. The molecule has 1 heterocycles. The molecule has 1 aliphatic heterocycles. The molecule has 1 aliphatic rings. The molecule has 0 bridgehead atoms. The van der Waals surface area contributed by atoms with Crippen LogP contribution in [0.25, 0.3) is 0 Å². The molecule has 1 fully saturated rings. The number of rotatable bonds is 10. The molecular weight excluding hydrogens is 563 g/mol. The van der Waals surface area contributed by atoms with Crippen molar-refractivity contribution in [2.75, 3.05) is 39.3 Å². The maximum absolute atomic E-state index is 10.9. The summed E-state index contributed by atoms with van der Waals surface area (Å²) in [5.41, 5.74) is 4.58. The van der Waals surface area contributed by atoms with Crippen molar-refractivity contribution in [1.29, 1.82) is 0 Å². The van der Waals surface area contributed by atoms with Crippen LogP contribution >= 0.6 is 35.6 Å². The molecule has 1 N–H and O–H groups in total. The minimum absolute atomic E-state index is 0. The zero-order chi connectivity index (χ0) is 27.0. The van der Waals surface area contributed by atoms with E-state index < -0.39 is 6.10 Å². The number of aliphatic hydroxyl groups is 1. The molecule has 210 valence electrons. The van der Waals surface area contributed by atoms with Gasteiger partial charge < -0.3 is 9.84 Å². The van der Waals surface area contributed by atoms with E-state index in [0.29, 0.717) is 16.6 Å². The van der Waals surface area contributed by atoms with Gasteiger partial charge in [0.1, 0.15) is 6.10 Å². The van der Waals surface area contributed by atoms with E-state index in [2.05, 4.69) is 70.5 Å². The number of benzene rings is 4. The van der Waals surface area contributed by atoms with Gasteiger partial charge in [0.15, 0.2) is 0 Å². The quantitative estimate of drug-likeness (QED) is 0.208. The lowest BCUT2D eigenvalue weighted by Crippen LogP contribution is -2.50. The molecule has 0 aromatic heterocycles. The highest BCUT2D eigenvalue weighted by molar-refractivity contribution is 6.30. The van der Waals surface area contributed by atoms with E-state index in [-0.39, 0.29) is 31.2 Å². The molecule has 40 heavy (non-hydrogen) atoms. The molecule has 0 radical (unpaired) electrons. The Bertz CT molecular complexity index is 1200. The van der Waals surface area contributed by atoms with Crippen LogP contribution in [0.1, 0.15) is 34.4 Å². The summed E-state index contributed by atoms with van der Waals surface area (Å²) in [6, 6.07) is 36.9. The average Bonchev–Trinajstić information content (AvgIpc) is 2.97. The van der Waals surface area contributed by atoms with Crippen LogP contribution in [0.15, 0.2) is 109 Å². The predicted octanol–water partition coefficient (Wildman–Crippen LogP) is 7.29. The van der Waals surface area contributed by atoms with E-state index >= 15 is 0 Å². The first kappa shape index (κ1) is 30.5. The summed E-state index contributed by atoms with van der Waals surface area (Å²) < 4.78 is 6.30. The fourth-order valence-corrected chi connectivity index (χ4v) is 5.56. The first-order valence-corrected chi connectivity index (χ1v) is 14.2. The van der Waals surface area contributed by atoms with E-state index in [0.717, 1.165) is 37.3 Å². The SMILES string of the molecule is Cl.OC(COC(c1ccc(Cl)cc1)c1ccc(Cl)cc1)CN1CCN(C(c2ccccc2)c2ccccc2)CC1. The number of aliphatic hydroxyl groups excluding tert-OH is 1. The fraction of sp³-hybridized carbons (Fsp3) is 0.273. The normalized spacial score (nSPS) is 15.2. The molecule has 0 amide bonds. The molecular formula is C33H35Cl3N2O2. The fourth-order valence-electron chi connectivity index (χ4n) is 5.31. The summed E-state index contributed by atoms with van der Waals surface area (Å²) >= 11 is 12.2. The van der Waals surface area contributed by atoms with Gasteiger partial charge in [0, 0.05) is 42.8 Å². The van der Waals surface area contributed by atoms with Gasteiger partial charge >= 0.3 is 0 Å². The van der Waals surface area contributed by atoms with E-state index in [1.807, 2.05) is 48.5 Å². The van der Waals surface area contributed by atoms with Crippen LogP contribution in [-0.4, -0.2) is 60.3 Å². The number of piperazine rings is 1.